The summed E-state index contributed by atoms with van der Waals surface area (Å²) in [4.78, 5) is 34.0. The molecule has 1 aliphatic rings. The van der Waals surface area contributed by atoms with E-state index >= 15 is 0 Å². The molecule has 3 heterocycles. The number of nitrogens with zero attached hydrogens (tertiary/aromatic N) is 3. The van der Waals surface area contributed by atoms with Gasteiger partial charge in [-0.2, -0.15) is 0 Å². The zero-order chi connectivity index (χ0) is 16.2. The van der Waals surface area contributed by atoms with Crippen LogP contribution in [0.5, 0.6) is 0 Å². The van der Waals surface area contributed by atoms with E-state index in [1.807, 2.05) is 24.4 Å². The first kappa shape index (κ1) is 15.6. The van der Waals surface area contributed by atoms with E-state index in [9.17, 15) is 9.59 Å². The summed E-state index contributed by atoms with van der Waals surface area (Å²) in [5.74, 6) is 0.0254. The van der Waals surface area contributed by atoms with Gasteiger partial charge in [-0.1, -0.05) is 6.07 Å². The molecule has 120 valence electrons. The van der Waals surface area contributed by atoms with Crippen LogP contribution < -0.4 is 10.2 Å². The number of rotatable bonds is 5. The van der Waals surface area contributed by atoms with Gasteiger partial charge >= 0.3 is 0 Å². The van der Waals surface area contributed by atoms with Crippen molar-refractivity contribution in [3.8, 4) is 0 Å². The van der Waals surface area contributed by atoms with Gasteiger partial charge in [0.05, 0.1) is 12.1 Å². The topological polar surface area (TPSA) is 75.2 Å². The van der Waals surface area contributed by atoms with Crippen LogP contribution in [0.4, 0.5) is 5.13 Å². The second-order valence-corrected chi connectivity index (χ2v) is 6.37. The Kier molecular flexibility index (Phi) is 4.66. The Balaban J connectivity index is 1.53. The van der Waals surface area contributed by atoms with Gasteiger partial charge in [-0.25, -0.2) is 4.98 Å². The van der Waals surface area contributed by atoms with Crippen LogP contribution in [0.15, 0.2) is 23.7 Å². The SMILES string of the molecule is Cc1ccc(CNC(=O)Cc2csc(N3CCCC3=O)n2)cn1. The fourth-order valence-corrected chi connectivity index (χ4v) is 3.25. The lowest BCUT2D eigenvalue weighted by Gasteiger charge is -2.10. The first-order chi connectivity index (χ1) is 11.1. The third kappa shape index (κ3) is 3.92. The number of amides is 2. The van der Waals surface area contributed by atoms with Gasteiger partial charge < -0.3 is 5.32 Å². The summed E-state index contributed by atoms with van der Waals surface area (Å²) < 4.78 is 0. The van der Waals surface area contributed by atoms with E-state index in [4.69, 9.17) is 0 Å². The first-order valence-corrected chi connectivity index (χ1v) is 8.43. The Morgan fingerprint density at radius 2 is 2.30 bits per heavy atom. The number of anilines is 1. The van der Waals surface area contributed by atoms with E-state index in [0.717, 1.165) is 24.2 Å². The lowest BCUT2D eigenvalue weighted by Crippen LogP contribution is -2.25. The molecule has 0 unspecified atom stereocenters. The number of aromatic nitrogens is 2. The number of carbonyl (C=O) groups excluding carboxylic acids is 2. The summed E-state index contributed by atoms with van der Waals surface area (Å²) >= 11 is 1.41. The summed E-state index contributed by atoms with van der Waals surface area (Å²) in [6, 6.07) is 3.86. The maximum atomic E-state index is 12.0. The molecular formula is C16H18N4O2S. The fraction of sp³-hybridized carbons (Fsp3) is 0.375. The highest BCUT2D eigenvalue weighted by Crippen LogP contribution is 2.25. The smallest absolute Gasteiger partial charge is 0.228 e. The molecule has 0 aliphatic carbocycles. The Morgan fingerprint density at radius 3 is 3.00 bits per heavy atom. The Hall–Kier alpha value is -2.28. The largest absolute Gasteiger partial charge is 0.352 e. The molecule has 3 rings (SSSR count). The van der Waals surface area contributed by atoms with E-state index in [1.165, 1.54) is 11.3 Å². The van der Waals surface area contributed by atoms with Gasteiger partial charge in [-0.3, -0.25) is 19.5 Å². The van der Waals surface area contributed by atoms with Gasteiger partial charge in [-0.15, -0.1) is 11.3 Å². The van der Waals surface area contributed by atoms with E-state index in [0.29, 0.717) is 23.8 Å². The Labute approximate surface area is 138 Å². The van der Waals surface area contributed by atoms with Crippen molar-refractivity contribution in [2.45, 2.75) is 32.7 Å². The van der Waals surface area contributed by atoms with Crippen LogP contribution in [0.2, 0.25) is 0 Å². The number of thiazole rings is 1. The summed E-state index contributed by atoms with van der Waals surface area (Å²) in [6.45, 7) is 3.10. The van der Waals surface area contributed by atoms with Crippen molar-refractivity contribution in [2.75, 3.05) is 11.4 Å². The van der Waals surface area contributed by atoms with Crippen LogP contribution in [0, 0.1) is 6.92 Å². The fourth-order valence-electron chi connectivity index (χ4n) is 2.38. The molecule has 0 atom stereocenters. The van der Waals surface area contributed by atoms with Gasteiger partial charge in [0.25, 0.3) is 0 Å². The van der Waals surface area contributed by atoms with Crippen LogP contribution in [-0.2, 0) is 22.6 Å². The van der Waals surface area contributed by atoms with Gasteiger partial charge in [0.2, 0.25) is 11.8 Å². The highest BCUT2D eigenvalue weighted by molar-refractivity contribution is 7.14. The molecule has 0 radical (unpaired) electrons. The lowest BCUT2D eigenvalue weighted by molar-refractivity contribution is -0.120. The van der Waals surface area contributed by atoms with Crippen LogP contribution in [0.1, 0.15) is 29.8 Å². The average Bonchev–Trinajstić information content (AvgIpc) is 3.15. The van der Waals surface area contributed by atoms with Crippen molar-refractivity contribution in [1.29, 1.82) is 0 Å². The van der Waals surface area contributed by atoms with Gasteiger partial charge in [-0.05, 0) is 25.0 Å². The first-order valence-electron chi connectivity index (χ1n) is 7.55. The third-order valence-electron chi connectivity index (χ3n) is 3.65. The number of aryl methyl sites for hydroxylation is 1. The molecule has 7 heteroatoms. The molecule has 2 aromatic rings. The number of hydrogen-bond donors (Lipinski definition) is 1. The van der Waals surface area contributed by atoms with Gasteiger partial charge in [0, 0.05) is 36.8 Å². The van der Waals surface area contributed by atoms with Crippen molar-refractivity contribution < 1.29 is 9.59 Å². The zero-order valence-corrected chi connectivity index (χ0v) is 13.7. The number of pyridine rings is 1. The molecule has 0 aromatic carbocycles. The Bertz CT molecular complexity index is 711. The maximum Gasteiger partial charge on any atom is 0.228 e. The molecule has 2 amide bonds. The van der Waals surface area contributed by atoms with Crippen molar-refractivity contribution in [1.82, 2.24) is 15.3 Å². The second kappa shape index (κ2) is 6.87. The number of nitrogens with one attached hydrogen (secondary N) is 1. The van der Waals surface area contributed by atoms with Crippen LogP contribution in [0.3, 0.4) is 0 Å². The third-order valence-corrected chi connectivity index (χ3v) is 4.56. The average molecular weight is 330 g/mol. The molecular weight excluding hydrogens is 312 g/mol. The van der Waals surface area contributed by atoms with E-state index in [1.54, 1.807) is 11.1 Å². The predicted molar refractivity (Wildman–Crippen MR) is 88.2 cm³/mol. The second-order valence-electron chi connectivity index (χ2n) is 5.53. The van der Waals surface area contributed by atoms with E-state index < -0.39 is 0 Å². The van der Waals surface area contributed by atoms with Crippen LogP contribution in [0.25, 0.3) is 0 Å². The molecule has 0 bridgehead atoms. The molecule has 0 saturated carbocycles. The quantitative estimate of drug-likeness (QED) is 0.907. The number of carbonyl (C=O) groups is 2. The van der Waals surface area contributed by atoms with Gasteiger partial charge in [0.15, 0.2) is 5.13 Å². The summed E-state index contributed by atoms with van der Waals surface area (Å²) in [7, 11) is 0. The molecule has 1 saturated heterocycles. The molecule has 6 nitrogen and oxygen atoms in total. The summed E-state index contributed by atoms with van der Waals surface area (Å²) in [5.41, 5.74) is 2.61. The molecule has 23 heavy (non-hydrogen) atoms. The van der Waals surface area contributed by atoms with Crippen molar-refractivity contribution in [3.05, 3.63) is 40.7 Å². The molecule has 1 N–H and O–H groups in total. The highest BCUT2D eigenvalue weighted by atomic mass is 32.1. The monoisotopic (exact) mass is 330 g/mol. The molecule has 1 aliphatic heterocycles. The minimum atomic E-state index is -0.0878. The van der Waals surface area contributed by atoms with Crippen molar-refractivity contribution >= 4 is 28.3 Å². The molecule has 1 fully saturated rings. The normalized spacial score (nSPS) is 14.3. The van der Waals surface area contributed by atoms with Crippen molar-refractivity contribution in [3.63, 3.8) is 0 Å². The highest BCUT2D eigenvalue weighted by Gasteiger charge is 2.24. The minimum Gasteiger partial charge on any atom is -0.352 e. The standard InChI is InChI=1S/C16H18N4O2S/c1-11-4-5-12(8-17-11)9-18-14(21)7-13-10-23-16(19-13)20-6-2-3-15(20)22/h4-5,8,10H,2-3,6-7,9H2,1H3,(H,18,21). The number of hydrogen-bond acceptors (Lipinski definition) is 5. The predicted octanol–water partition coefficient (Wildman–Crippen LogP) is 1.83. The zero-order valence-electron chi connectivity index (χ0n) is 12.9. The van der Waals surface area contributed by atoms with Gasteiger partial charge in [0.1, 0.15) is 0 Å². The van der Waals surface area contributed by atoms with Crippen LogP contribution >= 0.6 is 11.3 Å². The minimum absolute atomic E-state index is 0.0878. The molecule has 0 spiro atoms. The Morgan fingerprint density at radius 1 is 1.43 bits per heavy atom. The van der Waals surface area contributed by atoms with Crippen molar-refractivity contribution in [2.24, 2.45) is 0 Å². The maximum absolute atomic E-state index is 12.0. The van der Waals surface area contributed by atoms with E-state index in [-0.39, 0.29) is 18.2 Å². The summed E-state index contributed by atoms with van der Waals surface area (Å²) in [6.07, 6.45) is 3.44. The lowest BCUT2D eigenvalue weighted by atomic mass is 10.2. The molecule has 2 aromatic heterocycles. The summed E-state index contributed by atoms with van der Waals surface area (Å²) in [5, 5.41) is 5.39. The van der Waals surface area contributed by atoms with Crippen LogP contribution in [-0.4, -0.2) is 28.3 Å². The van der Waals surface area contributed by atoms with E-state index in [2.05, 4.69) is 15.3 Å².